The van der Waals surface area contributed by atoms with E-state index < -0.39 is 0 Å². The highest BCUT2D eigenvalue weighted by Crippen LogP contribution is 2.47. The summed E-state index contributed by atoms with van der Waals surface area (Å²) in [7, 11) is 0. The van der Waals surface area contributed by atoms with Crippen molar-refractivity contribution in [3.8, 4) is 0 Å². The average Bonchev–Trinajstić information content (AvgIpc) is 3.18. The van der Waals surface area contributed by atoms with Crippen LogP contribution in [0.25, 0.3) is 0 Å². The summed E-state index contributed by atoms with van der Waals surface area (Å²) in [5, 5.41) is 19.1. The third-order valence-corrected chi connectivity index (χ3v) is 6.26. The second-order valence-electron chi connectivity index (χ2n) is 8.13. The third kappa shape index (κ3) is 6.31. The standard InChI is InChI=1S/C21H40O3/c1-2-3-7-10-17(23)12-13-19-18(20-14-15-21(19)24-20)11-8-5-4-6-9-16-22/h17-23H,2-16H2,1H3/t17?,18-,19+,20-,21+/m1/s1. The van der Waals surface area contributed by atoms with E-state index in [2.05, 4.69) is 6.92 Å². The van der Waals surface area contributed by atoms with Gasteiger partial charge < -0.3 is 14.9 Å². The summed E-state index contributed by atoms with van der Waals surface area (Å²) in [6.45, 7) is 2.55. The minimum absolute atomic E-state index is 0.102. The largest absolute Gasteiger partial charge is 0.396 e. The van der Waals surface area contributed by atoms with Crippen LogP contribution in [-0.4, -0.2) is 35.1 Å². The van der Waals surface area contributed by atoms with Crippen LogP contribution in [0.2, 0.25) is 0 Å². The number of aliphatic hydroxyl groups is 2. The Kier molecular flexibility index (Phi) is 9.67. The Morgan fingerprint density at radius 2 is 1.50 bits per heavy atom. The fraction of sp³-hybridized carbons (Fsp3) is 1.00. The van der Waals surface area contributed by atoms with E-state index in [1.165, 1.54) is 57.8 Å². The number of unbranched alkanes of at least 4 members (excludes halogenated alkanes) is 6. The lowest BCUT2D eigenvalue weighted by molar-refractivity contribution is 0.0825. The lowest BCUT2D eigenvalue weighted by Gasteiger charge is -2.28. The summed E-state index contributed by atoms with van der Waals surface area (Å²) >= 11 is 0. The zero-order valence-electron chi connectivity index (χ0n) is 15.8. The summed E-state index contributed by atoms with van der Waals surface area (Å²) in [4.78, 5) is 0. The van der Waals surface area contributed by atoms with E-state index in [4.69, 9.17) is 9.84 Å². The monoisotopic (exact) mass is 340 g/mol. The number of ether oxygens (including phenoxy) is 1. The highest BCUT2D eigenvalue weighted by molar-refractivity contribution is 4.96. The van der Waals surface area contributed by atoms with Gasteiger partial charge in [-0.2, -0.15) is 0 Å². The van der Waals surface area contributed by atoms with Gasteiger partial charge in [0.2, 0.25) is 0 Å². The Balaban J connectivity index is 1.65. The van der Waals surface area contributed by atoms with Gasteiger partial charge in [-0.1, -0.05) is 51.9 Å². The number of fused-ring (bicyclic) bond motifs is 2. The van der Waals surface area contributed by atoms with Gasteiger partial charge >= 0.3 is 0 Å². The van der Waals surface area contributed by atoms with Gasteiger partial charge in [-0.05, 0) is 56.8 Å². The molecule has 2 fully saturated rings. The molecule has 5 atom stereocenters. The Morgan fingerprint density at radius 1 is 0.833 bits per heavy atom. The Hall–Kier alpha value is -0.120. The van der Waals surface area contributed by atoms with Crippen molar-refractivity contribution < 1.29 is 14.9 Å². The van der Waals surface area contributed by atoms with Crippen LogP contribution in [-0.2, 0) is 4.74 Å². The molecule has 0 saturated carbocycles. The molecule has 1 unspecified atom stereocenters. The summed E-state index contributed by atoms with van der Waals surface area (Å²) in [5.41, 5.74) is 0. The molecule has 0 aromatic rings. The van der Waals surface area contributed by atoms with Crippen LogP contribution >= 0.6 is 0 Å². The van der Waals surface area contributed by atoms with E-state index in [-0.39, 0.29) is 6.10 Å². The molecule has 0 aromatic heterocycles. The predicted octanol–water partition coefficient (Wildman–Crippen LogP) is 4.83. The zero-order chi connectivity index (χ0) is 17.2. The van der Waals surface area contributed by atoms with E-state index in [0.717, 1.165) is 38.0 Å². The molecule has 142 valence electrons. The summed E-state index contributed by atoms with van der Waals surface area (Å²) in [6, 6.07) is 0. The summed E-state index contributed by atoms with van der Waals surface area (Å²) < 4.78 is 6.21. The second-order valence-corrected chi connectivity index (χ2v) is 8.13. The number of rotatable bonds is 14. The first-order valence-electron chi connectivity index (χ1n) is 10.7. The Bertz CT molecular complexity index is 320. The van der Waals surface area contributed by atoms with Gasteiger partial charge in [-0.15, -0.1) is 0 Å². The van der Waals surface area contributed by atoms with Gasteiger partial charge in [0, 0.05) is 6.61 Å². The summed E-state index contributed by atoms with van der Waals surface area (Å²) in [5.74, 6) is 1.44. The molecule has 3 nitrogen and oxygen atoms in total. The predicted molar refractivity (Wildman–Crippen MR) is 99.0 cm³/mol. The number of hydrogen-bond acceptors (Lipinski definition) is 3. The fourth-order valence-corrected chi connectivity index (χ4v) is 4.85. The molecule has 0 aliphatic carbocycles. The van der Waals surface area contributed by atoms with Crippen LogP contribution in [0.4, 0.5) is 0 Å². The minimum atomic E-state index is -0.102. The van der Waals surface area contributed by atoms with Gasteiger partial charge in [-0.3, -0.25) is 0 Å². The molecule has 0 aromatic carbocycles. The zero-order valence-corrected chi connectivity index (χ0v) is 15.8. The average molecular weight is 341 g/mol. The van der Waals surface area contributed by atoms with E-state index in [1.54, 1.807) is 0 Å². The van der Waals surface area contributed by atoms with Crippen LogP contribution < -0.4 is 0 Å². The minimum Gasteiger partial charge on any atom is -0.396 e. The molecule has 2 N–H and O–H groups in total. The van der Waals surface area contributed by atoms with Gasteiger partial charge in [0.25, 0.3) is 0 Å². The van der Waals surface area contributed by atoms with Crippen molar-refractivity contribution in [2.24, 2.45) is 11.8 Å². The molecule has 24 heavy (non-hydrogen) atoms. The number of hydrogen-bond donors (Lipinski definition) is 2. The molecule has 2 rings (SSSR count). The number of aliphatic hydroxyl groups excluding tert-OH is 2. The first kappa shape index (κ1) is 20.2. The lowest BCUT2D eigenvalue weighted by atomic mass is 9.74. The topological polar surface area (TPSA) is 49.7 Å². The Labute approximate surface area is 149 Å². The van der Waals surface area contributed by atoms with Gasteiger partial charge in [0.15, 0.2) is 0 Å². The van der Waals surface area contributed by atoms with Crippen molar-refractivity contribution in [3.63, 3.8) is 0 Å². The highest BCUT2D eigenvalue weighted by atomic mass is 16.5. The van der Waals surface area contributed by atoms with Crippen LogP contribution in [0.1, 0.15) is 96.8 Å². The van der Waals surface area contributed by atoms with Crippen LogP contribution in [0, 0.1) is 11.8 Å². The molecule has 2 saturated heterocycles. The highest BCUT2D eigenvalue weighted by Gasteiger charge is 2.47. The lowest BCUT2D eigenvalue weighted by Crippen LogP contribution is -2.28. The van der Waals surface area contributed by atoms with Gasteiger partial charge in [0.05, 0.1) is 18.3 Å². The van der Waals surface area contributed by atoms with Crippen LogP contribution in [0.5, 0.6) is 0 Å². The fourth-order valence-electron chi connectivity index (χ4n) is 4.85. The van der Waals surface area contributed by atoms with E-state index in [1.807, 2.05) is 0 Å². The molecule has 2 aliphatic rings. The van der Waals surface area contributed by atoms with Crippen molar-refractivity contribution in [1.29, 1.82) is 0 Å². The van der Waals surface area contributed by atoms with Crippen molar-refractivity contribution >= 4 is 0 Å². The molecule has 0 amide bonds. The maximum Gasteiger partial charge on any atom is 0.0611 e. The molecular formula is C21H40O3. The van der Waals surface area contributed by atoms with Gasteiger partial charge in [0.1, 0.15) is 0 Å². The van der Waals surface area contributed by atoms with Crippen LogP contribution in [0.15, 0.2) is 0 Å². The second kappa shape index (κ2) is 11.5. The van der Waals surface area contributed by atoms with Gasteiger partial charge in [-0.25, -0.2) is 0 Å². The summed E-state index contributed by atoms with van der Waals surface area (Å²) in [6.07, 6.45) is 17.4. The first-order chi connectivity index (χ1) is 11.8. The molecule has 0 radical (unpaired) electrons. The maximum absolute atomic E-state index is 10.2. The molecule has 0 spiro atoms. The molecule has 2 bridgehead atoms. The van der Waals surface area contributed by atoms with Crippen molar-refractivity contribution in [2.45, 2.75) is 115 Å². The van der Waals surface area contributed by atoms with E-state index >= 15 is 0 Å². The molecular weight excluding hydrogens is 300 g/mol. The third-order valence-electron chi connectivity index (χ3n) is 6.26. The van der Waals surface area contributed by atoms with Crippen molar-refractivity contribution in [3.05, 3.63) is 0 Å². The molecule has 3 heteroatoms. The van der Waals surface area contributed by atoms with E-state index in [9.17, 15) is 5.11 Å². The normalized spacial score (nSPS) is 30.1. The smallest absolute Gasteiger partial charge is 0.0611 e. The van der Waals surface area contributed by atoms with Crippen molar-refractivity contribution in [2.75, 3.05) is 6.61 Å². The molecule has 2 heterocycles. The van der Waals surface area contributed by atoms with E-state index in [0.29, 0.717) is 24.7 Å². The van der Waals surface area contributed by atoms with Crippen LogP contribution in [0.3, 0.4) is 0 Å². The molecule has 2 aliphatic heterocycles. The quantitative estimate of drug-likeness (QED) is 0.445. The SMILES string of the molecule is CCCCCC(O)CC[C@H]1[C@@H](CCCCCCCO)[C@H]2CC[C@@H]1O2. The Morgan fingerprint density at radius 3 is 2.21 bits per heavy atom. The maximum atomic E-state index is 10.2. The first-order valence-corrected chi connectivity index (χ1v) is 10.7. The van der Waals surface area contributed by atoms with Crippen molar-refractivity contribution in [1.82, 2.24) is 0 Å².